The fourth-order valence-corrected chi connectivity index (χ4v) is 2.34. The number of hydrogen-bond acceptors (Lipinski definition) is 2. The van der Waals surface area contributed by atoms with Crippen molar-refractivity contribution >= 4 is 41.7 Å². The van der Waals surface area contributed by atoms with Gasteiger partial charge in [0, 0.05) is 25.4 Å². The van der Waals surface area contributed by atoms with Gasteiger partial charge in [0.2, 0.25) is 0 Å². The molecule has 0 heterocycles. The Kier molecular flexibility index (Phi) is 11.0. The van der Waals surface area contributed by atoms with Gasteiger partial charge in [-0.05, 0) is 12.8 Å². The van der Waals surface area contributed by atoms with E-state index in [4.69, 9.17) is 6.42 Å². The number of nitrogens with one attached hydrogen (secondary N) is 2. The van der Waals surface area contributed by atoms with Crippen LogP contribution in [0.3, 0.4) is 0 Å². The van der Waals surface area contributed by atoms with Crippen LogP contribution in [0.1, 0.15) is 25.7 Å². The predicted octanol–water partition coefficient (Wildman–Crippen LogP) is 2.08. The van der Waals surface area contributed by atoms with Crippen molar-refractivity contribution in [2.75, 3.05) is 25.1 Å². The highest BCUT2D eigenvalue weighted by Crippen LogP contribution is 2.17. The number of guanidine groups is 1. The highest BCUT2D eigenvalue weighted by molar-refractivity contribution is 14.0. The third-order valence-electron chi connectivity index (χ3n) is 2.64. The first-order chi connectivity index (χ1) is 7.86. The standard InChI is InChI=1S/C12H21N3S.HI/c1-3-9-16-10-8-14-12(13-2)15-11-6-4-5-7-11;/h1,11H,4-10H2,2H3,(H2,13,14,15);1H. The van der Waals surface area contributed by atoms with Crippen molar-refractivity contribution < 1.29 is 0 Å². The molecule has 1 fully saturated rings. The summed E-state index contributed by atoms with van der Waals surface area (Å²) >= 11 is 1.77. The van der Waals surface area contributed by atoms with Gasteiger partial charge in [-0.15, -0.1) is 42.2 Å². The molecule has 1 rings (SSSR count). The summed E-state index contributed by atoms with van der Waals surface area (Å²) in [5.74, 6) is 5.35. The van der Waals surface area contributed by atoms with E-state index in [1.807, 2.05) is 7.05 Å². The molecule has 0 bridgehead atoms. The van der Waals surface area contributed by atoms with Crippen molar-refractivity contribution in [1.29, 1.82) is 0 Å². The zero-order valence-electron chi connectivity index (χ0n) is 10.4. The first-order valence-corrected chi connectivity index (χ1v) is 7.00. The van der Waals surface area contributed by atoms with Crippen LogP contribution in [-0.2, 0) is 0 Å². The third-order valence-corrected chi connectivity index (χ3v) is 3.51. The summed E-state index contributed by atoms with van der Waals surface area (Å²) in [6.45, 7) is 0.915. The number of aliphatic imine (C=N–C) groups is 1. The zero-order chi connectivity index (χ0) is 11.6. The Balaban J connectivity index is 0.00000256. The molecule has 0 aromatic rings. The monoisotopic (exact) mass is 367 g/mol. The minimum Gasteiger partial charge on any atom is -0.356 e. The molecule has 2 N–H and O–H groups in total. The lowest BCUT2D eigenvalue weighted by atomic mass is 10.2. The van der Waals surface area contributed by atoms with E-state index < -0.39 is 0 Å². The van der Waals surface area contributed by atoms with Crippen LogP contribution in [0.15, 0.2) is 4.99 Å². The first-order valence-electron chi connectivity index (χ1n) is 5.85. The molecule has 17 heavy (non-hydrogen) atoms. The van der Waals surface area contributed by atoms with E-state index >= 15 is 0 Å². The van der Waals surface area contributed by atoms with Gasteiger partial charge < -0.3 is 10.6 Å². The molecule has 1 saturated carbocycles. The molecule has 1 aliphatic rings. The van der Waals surface area contributed by atoms with Crippen LogP contribution in [-0.4, -0.2) is 37.1 Å². The number of thioether (sulfide) groups is 1. The molecule has 0 amide bonds. The topological polar surface area (TPSA) is 36.4 Å². The largest absolute Gasteiger partial charge is 0.356 e. The number of terminal acetylenes is 1. The zero-order valence-corrected chi connectivity index (χ0v) is 13.5. The quantitative estimate of drug-likeness (QED) is 0.257. The second-order valence-corrected chi connectivity index (χ2v) is 4.99. The van der Waals surface area contributed by atoms with Crippen molar-refractivity contribution in [3.05, 3.63) is 0 Å². The lowest BCUT2D eigenvalue weighted by Gasteiger charge is -2.16. The smallest absolute Gasteiger partial charge is 0.191 e. The van der Waals surface area contributed by atoms with Crippen LogP contribution in [0.5, 0.6) is 0 Å². The summed E-state index contributed by atoms with van der Waals surface area (Å²) in [5, 5.41) is 6.75. The highest BCUT2D eigenvalue weighted by atomic mass is 127. The van der Waals surface area contributed by atoms with Gasteiger partial charge in [-0.2, -0.15) is 0 Å². The lowest BCUT2D eigenvalue weighted by Crippen LogP contribution is -2.43. The van der Waals surface area contributed by atoms with Crippen molar-refractivity contribution in [3.8, 4) is 12.3 Å². The SMILES string of the molecule is C#CCSCCNC(=NC)NC1CCCC1.I. The molecule has 0 spiro atoms. The lowest BCUT2D eigenvalue weighted by molar-refractivity contribution is 0.616. The normalized spacial score (nSPS) is 16.1. The molecule has 0 aromatic carbocycles. The van der Waals surface area contributed by atoms with E-state index in [0.29, 0.717) is 6.04 Å². The maximum atomic E-state index is 5.18. The Morgan fingerprint density at radius 2 is 2.18 bits per heavy atom. The molecule has 0 aromatic heterocycles. The van der Waals surface area contributed by atoms with E-state index in [1.165, 1.54) is 25.7 Å². The van der Waals surface area contributed by atoms with Crippen molar-refractivity contribution in [3.63, 3.8) is 0 Å². The summed E-state index contributed by atoms with van der Waals surface area (Å²) in [6, 6.07) is 0.615. The van der Waals surface area contributed by atoms with Crippen LogP contribution in [0.4, 0.5) is 0 Å². The van der Waals surface area contributed by atoms with Gasteiger partial charge in [-0.1, -0.05) is 18.8 Å². The molecule has 1 aliphatic carbocycles. The van der Waals surface area contributed by atoms with Gasteiger partial charge in [0.1, 0.15) is 0 Å². The van der Waals surface area contributed by atoms with Gasteiger partial charge in [0.15, 0.2) is 5.96 Å². The molecular weight excluding hydrogens is 345 g/mol. The third kappa shape index (κ3) is 7.77. The average molecular weight is 367 g/mol. The second kappa shape index (κ2) is 11.0. The van der Waals surface area contributed by atoms with Crippen molar-refractivity contribution in [2.24, 2.45) is 4.99 Å². The van der Waals surface area contributed by atoms with Crippen LogP contribution >= 0.6 is 35.7 Å². The summed E-state index contributed by atoms with van der Waals surface area (Å²) < 4.78 is 0. The number of halogens is 1. The van der Waals surface area contributed by atoms with Crippen molar-refractivity contribution in [2.45, 2.75) is 31.7 Å². The number of rotatable bonds is 5. The molecule has 0 saturated heterocycles. The Morgan fingerprint density at radius 1 is 1.47 bits per heavy atom. The van der Waals surface area contributed by atoms with Crippen LogP contribution < -0.4 is 10.6 Å². The molecule has 98 valence electrons. The van der Waals surface area contributed by atoms with Gasteiger partial charge >= 0.3 is 0 Å². The van der Waals surface area contributed by atoms with Gasteiger partial charge in [-0.3, -0.25) is 4.99 Å². The summed E-state index contributed by atoms with van der Waals surface area (Å²) in [4.78, 5) is 4.21. The molecule has 5 heteroatoms. The molecule has 0 atom stereocenters. The van der Waals surface area contributed by atoms with E-state index in [0.717, 1.165) is 24.0 Å². The van der Waals surface area contributed by atoms with Crippen LogP contribution in [0, 0.1) is 12.3 Å². The Bertz CT molecular complexity index is 257. The Labute approximate surface area is 126 Å². The fraction of sp³-hybridized carbons (Fsp3) is 0.750. The van der Waals surface area contributed by atoms with Crippen LogP contribution in [0.25, 0.3) is 0 Å². The van der Waals surface area contributed by atoms with E-state index in [2.05, 4.69) is 21.5 Å². The van der Waals surface area contributed by atoms with E-state index in [-0.39, 0.29) is 24.0 Å². The molecule has 3 nitrogen and oxygen atoms in total. The average Bonchev–Trinajstić information content (AvgIpc) is 2.80. The van der Waals surface area contributed by atoms with Gasteiger partial charge in [-0.25, -0.2) is 0 Å². The Hall–Kier alpha value is -0.0900. The second-order valence-electron chi connectivity index (χ2n) is 3.88. The Morgan fingerprint density at radius 3 is 2.76 bits per heavy atom. The first kappa shape index (κ1) is 16.9. The highest BCUT2D eigenvalue weighted by Gasteiger charge is 2.15. The van der Waals surface area contributed by atoms with Crippen LogP contribution in [0.2, 0.25) is 0 Å². The molecule has 0 radical (unpaired) electrons. The van der Waals surface area contributed by atoms with Gasteiger partial charge in [0.25, 0.3) is 0 Å². The minimum absolute atomic E-state index is 0. The number of nitrogens with zero attached hydrogens (tertiary/aromatic N) is 1. The number of hydrogen-bond donors (Lipinski definition) is 2. The summed E-state index contributed by atoms with van der Waals surface area (Å²) in [7, 11) is 1.82. The maximum Gasteiger partial charge on any atom is 0.191 e. The van der Waals surface area contributed by atoms with E-state index in [9.17, 15) is 0 Å². The molecule has 0 aliphatic heterocycles. The van der Waals surface area contributed by atoms with E-state index in [1.54, 1.807) is 11.8 Å². The molecular formula is C12H22IN3S. The maximum absolute atomic E-state index is 5.18. The van der Waals surface area contributed by atoms with Crippen molar-refractivity contribution in [1.82, 2.24) is 10.6 Å². The van der Waals surface area contributed by atoms with Gasteiger partial charge in [0.05, 0.1) is 5.75 Å². The fourth-order valence-electron chi connectivity index (χ4n) is 1.83. The summed E-state index contributed by atoms with van der Waals surface area (Å²) in [6.07, 6.45) is 10.4. The predicted molar refractivity (Wildman–Crippen MR) is 88.3 cm³/mol. The molecule has 0 unspecified atom stereocenters. The summed E-state index contributed by atoms with van der Waals surface area (Å²) in [5.41, 5.74) is 0. The minimum atomic E-state index is 0.